The molecular formula is C30H25BrN2O4S2. The van der Waals surface area contributed by atoms with E-state index in [2.05, 4.69) is 15.9 Å². The van der Waals surface area contributed by atoms with Gasteiger partial charge in [0.25, 0.3) is 10.0 Å². The molecule has 5 aromatic rings. The molecule has 198 valence electrons. The predicted octanol–water partition coefficient (Wildman–Crippen LogP) is 6.55. The second kappa shape index (κ2) is 11.3. The Morgan fingerprint density at radius 3 is 1.87 bits per heavy atom. The van der Waals surface area contributed by atoms with Gasteiger partial charge in [0.05, 0.1) is 27.5 Å². The van der Waals surface area contributed by atoms with Crippen LogP contribution in [0.5, 0.6) is 0 Å². The average Bonchev–Trinajstić information content (AvgIpc) is 3.25. The van der Waals surface area contributed by atoms with E-state index in [0.717, 1.165) is 5.56 Å². The molecule has 0 aliphatic rings. The minimum Gasteiger partial charge on any atom is -0.235 e. The summed E-state index contributed by atoms with van der Waals surface area (Å²) < 4.78 is 58.7. The van der Waals surface area contributed by atoms with Crippen LogP contribution in [0.3, 0.4) is 0 Å². The van der Waals surface area contributed by atoms with Gasteiger partial charge in [0, 0.05) is 16.4 Å². The van der Waals surface area contributed by atoms with E-state index < -0.39 is 20.0 Å². The van der Waals surface area contributed by atoms with Gasteiger partial charge in [0.1, 0.15) is 0 Å². The summed E-state index contributed by atoms with van der Waals surface area (Å²) in [5.41, 5.74) is 1.70. The van der Waals surface area contributed by atoms with Crippen molar-refractivity contribution in [2.24, 2.45) is 0 Å². The lowest BCUT2D eigenvalue weighted by Gasteiger charge is -2.22. The summed E-state index contributed by atoms with van der Waals surface area (Å²) >= 11 is 3.60. The van der Waals surface area contributed by atoms with Crippen molar-refractivity contribution in [1.82, 2.24) is 8.28 Å². The Labute approximate surface area is 237 Å². The number of rotatable bonds is 9. The van der Waals surface area contributed by atoms with Crippen molar-refractivity contribution in [3.8, 4) is 0 Å². The third-order valence-electron chi connectivity index (χ3n) is 6.27. The van der Waals surface area contributed by atoms with Crippen molar-refractivity contribution in [3.63, 3.8) is 0 Å². The number of fused-ring (bicyclic) bond motifs is 1. The van der Waals surface area contributed by atoms with Gasteiger partial charge in [0.2, 0.25) is 10.0 Å². The molecule has 9 heteroatoms. The first kappa shape index (κ1) is 27.1. The fourth-order valence-corrected chi connectivity index (χ4v) is 8.06. The molecule has 0 fully saturated rings. The summed E-state index contributed by atoms with van der Waals surface area (Å²) in [6.45, 7) is -0.150. The number of hydrogen-bond acceptors (Lipinski definition) is 4. The molecule has 4 aromatic carbocycles. The molecule has 0 N–H and O–H groups in total. The number of aromatic nitrogens is 1. The lowest BCUT2D eigenvalue weighted by Crippen LogP contribution is -2.32. The average molecular weight is 622 g/mol. The highest BCUT2D eigenvalue weighted by molar-refractivity contribution is 9.10. The van der Waals surface area contributed by atoms with E-state index in [1.165, 1.54) is 32.5 Å². The first-order chi connectivity index (χ1) is 18.8. The Morgan fingerprint density at radius 2 is 1.23 bits per heavy atom. The van der Waals surface area contributed by atoms with Gasteiger partial charge < -0.3 is 0 Å². The van der Waals surface area contributed by atoms with E-state index in [4.69, 9.17) is 0 Å². The van der Waals surface area contributed by atoms with Crippen molar-refractivity contribution in [2.75, 3.05) is 6.54 Å². The van der Waals surface area contributed by atoms with Crippen LogP contribution in [0.1, 0.15) is 11.3 Å². The van der Waals surface area contributed by atoms with Crippen molar-refractivity contribution in [1.29, 1.82) is 0 Å². The van der Waals surface area contributed by atoms with E-state index in [-0.39, 0.29) is 22.9 Å². The monoisotopic (exact) mass is 620 g/mol. The van der Waals surface area contributed by atoms with Crippen molar-refractivity contribution < 1.29 is 16.8 Å². The number of nitrogens with zero attached hydrogens (tertiary/aromatic N) is 2. The Morgan fingerprint density at radius 1 is 0.692 bits per heavy atom. The van der Waals surface area contributed by atoms with Gasteiger partial charge in [-0.05, 0) is 51.8 Å². The van der Waals surface area contributed by atoms with Crippen LogP contribution in [0, 0.1) is 0 Å². The fourth-order valence-electron chi connectivity index (χ4n) is 4.36. The van der Waals surface area contributed by atoms with Crippen LogP contribution in [0.4, 0.5) is 0 Å². The largest absolute Gasteiger partial charge is 0.268 e. The molecular weight excluding hydrogens is 596 g/mol. The lowest BCUT2D eigenvalue weighted by atomic mass is 10.2. The molecule has 1 heterocycles. The zero-order chi connectivity index (χ0) is 27.5. The number of halogens is 1. The third kappa shape index (κ3) is 5.49. The van der Waals surface area contributed by atoms with Crippen LogP contribution in [0.25, 0.3) is 17.0 Å². The highest BCUT2D eigenvalue weighted by Crippen LogP contribution is 2.35. The van der Waals surface area contributed by atoms with E-state index in [1.54, 1.807) is 54.6 Å². The Hall–Kier alpha value is -3.50. The number of sulfonamides is 1. The molecule has 5 rings (SSSR count). The first-order valence-corrected chi connectivity index (χ1v) is 15.8. The third-order valence-corrected chi connectivity index (χ3v) is 10.7. The van der Waals surface area contributed by atoms with E-state index in [1.807, 2.05) is 48.5 Å². The summed E-state index contributed by atoms with van der Waals surface area (Å²) in [7, 11) is -8.03. The van der Waals surface area contributed by atoms with E-state index in [0.29, 0.717) is 21.1 Å². The standard InChI is InChI=1S/C30H25BrN2O4S2/c31-30-27-20-10-11-21-28(27)33(39(36,37)26-18-8-3-9-19-26)29(30)23-32(22-12-15-24-13-4-1-5-14-24)38(34,35)25-16-6-2-7-17-25/h1-21H,22-23H2/b15-12+. The highest BCUT2D eigenvalue weighted by atomic mass is 79.9. The molecule has 0 aliphatic carbocycles. The SMILES string of the molecule is O=S(=O)(c1ccccc1)N(C/C=C/c1ccccc1)Cc1c(Br)c2ccccc2n1S(=O)(=O)c1ccccc1. The van der Waals surface area contributed by atoms with E-state index in [9.17, 15) is 16.8 Å². The van der Waals surface area contributed by atoms with Crippen molar-refractivity contribution in [2.45, 2.75) is 16.3 Å². The second-order valence-electron chi connectivity index (χ2n) is 8.78. The molecule has 0 unspecified atom stereocenters. The Kier molecular flexibility index (Phi) is 7.86. The Bertz CT molecular complexity index is 1840. The molecule has 1 aromatic heterocycles. The van der Waals surface area contributed by atoms with Crippen LogP contribution in [0.2, 0.25) is 0 Å². The van der Waals surface area contributed by atoms with Crippen molar-refractivity contribution in [3.05, 3.63) is 137 Å². The maximum Gasteiger partial charge on any atom is 0.268 e. The van der Waals surface area contributed by atoms with Gasteiger partial charge in [0.15, 0.2) is 0 Å². The molecule has 6 nitrogen and oxygen atoms in total. The summed E-state index contributed by atoms with van der Waals surface area (Å²) in [4.78, 5) is 0.240. The van der Waals surface area contributed by atoms with Gasteiger partial charge >= 0.3 is 0 Å². The molecule has 0 aliphatic heterocycles. The molecule has 0 bridgehead atoms. The van der Waals surface area contributed by atoms with Gasteiger partial charge in [-0.15, -0.1) is 0 Å². The van der Waals surface area contributed by atoms with Gasteiger partial charge in [-0.25, -0.2) is 20.8 Å². The van der Waals surface area contributed by atoms with Crippen molar-refractivity contribution >= 4 is 53.0 Å². The lowest BCUT2D eigenvalue weighted by molar-refractivity contribution is 0.432. The minimum atomic E-state index is -4.05. The first-order valence-electron chi connectivity index (χ1n) is 12.2. The summed E-state index contributed by atoms with van der Waals surface area (Å²) in [5, 5.41) is 0.670. The molecule has 0 saturated heterocycles. The van der Waals surface area contributed by atoms with Gasteiger partial charge in [-0.2, -0.15) is 4.31 Å². The summed E-state index contributed by atoms with van der Waals surface area (Å²) in [5.74, 6) is 0. The van der Waals surface area contributed by atoms with Gasteiger partial charge in [-0.3, -0.25) is 0 Å². The van der Waals surface area contributed by atoms with E-state index >= 15 is 0 Å². The summed E-state index contributed by atoms with van der Waals surface area (Å²) in [6, 6.07) is 33.0. The van der Waals surface area contributed by atoms with Crippen LogP contribution in [-0.2, 0) is 26.6 Å². The topological polar surface area (TPSA) is 76.5 Å². The normalized spacial score (nSPS) is 12.5. The summed E-state index contributed by atoms with van der Waals surface area (Å²) in [6.07, 6.45) is 3.61. The molecule has 0 spiro atoms. The quantitative estimate of drug-likeness (QED) is 0.187. The zero-order valence-electron chi connectivity index (χ0n) is 20.8. The maximum atomic E-state index is 13.9. The number of hydrogen-bond donors (Lipinski definition) is 0. The van der Waals surface area contributed by atoms with Crippen LogP contribution < -0.4 is 0 Å². The minimum absolute atomic E-state index is 0.0332. The molecule has 0 atom stereocenters. The highest BCUT2D eigenvalue weighted by Gasteiger charge is 2.31. The van der Waals surface area contributed by atoms with Gasteiger partial charge in [-0.1, -0.05) is 97.1 Å². The zero-order valence-corrected chi connectivity index (χ0v) is 24.0. The van der Waals surface area contributed by atoms with Crippen LogP contribution in [0.15, 0.2) is 136 Å². The maximum absolute atomic E-state index is 13.9. The number of para-hydroxylation sites is 1. The molecule has 0 saturated carbocycles. The van der Waals surface area contributed by atoms with Crippen LogP contribution >= 0.6 is 15.9 Å². The molecule has 39 heavy (non-hydrogen) atoms. The molecule has 0 radical (unpaired) electrons. The smallest absolute Gasteiger partial charge is 0.235 e. The number of benzene rings is 4. The van der Waals surface area contributed by atoms with Crippen LogP contribution in [-0.4, -0.2) is 31.7 Å². The molecule has 0 amide bonds. The predicted molar refractivity (Wildman–Crippen MR) is 158 cm³/mol. The fraction of sp³-hybridized carbons (Fsp3) is 0.0667. The Balaban J connectivity index is 1.65. The second-order valence-corrected chi connectivity index (χ2v) is 13.3.